The van der Waals surface area contributed by atoms with Gasteiger partial charge in [0.2, 0.25) is 0 Å². The van der Waals surface area contributed by atoms with Gasteiger partial charge in [0.05, 0.1) is 12.6 Å². The number of nitrogens with two attached hydrogens (primary N) is 1. The van der Waals surface area contributed by atoms with Crippen molar-refractivity contribution < 1.29 is 4.74 Å². The lowest BCUT2D eigenvalue weighted by Crippen LogP contribution is -2.17. The molecule has 134 valence electrons. The molecule has 3 rings (SSSR count). The highest BCUT2D eigenvalue weighted by Crippen LogP contribution is 2.30. The zero-order valence-electron chi connectivity index (χ0n) is 14.7. The molecule has 0 saturated heterocycles. The maximum atomic E-state index is 6.28. The molecule has 0 atom stereocenters. The number of benzene rings is 2. The first-order chi connectivity index (χ1) is 12.8. The second-order valence-corrected chi connectivity index (χ2v) is 5.80. The van der Waals surface area contributed by atoms with Crippen LogP contribution in [0.3, 0.4) is 0 Å². The molecule has 1 aromatic heterocycles. The number of nitrogens with zero attached hydrogens (tertiary/aromatic N) is 2. The summed E-state index contributed by atoms with van der Waals surface area (Å²) in [5.41, 5.74) is 9.03. The number of methoxy groups -OCH3 is 1. The van der Waals surface area contributed by atoms with Crippen LogP contribution in [0.25, 0.3) is 0 Å². The highest BCUT2D eigenvalue weighted by atomic mass is 16.5. The van der Waals surface area contributed by atoms with E-state index in [1.165, 1.54) is 6.33 Å². The molecule has 0 amide bonds. The molecular weight excluding hydrogens is 326 g/mol. The van der Waals surface area contributed by atoms with Crippen molar-refractivity contribution >= 4 is 17.3 Å². The van der Waals surface area contributed by atoms with Gasteiger partial charge in [-0.1, -0.05) is 60.7 Å². The minimum absolute atomic E-state index is 0.0681. The van der Waals surface area contributed by atoms with E-state index in [1.807, 2.05) is 36.4 Å². The lowest BCUT2D eigenvalue weighted by atomic mass is 9.99. The van der Waals surface area contributed by atoms with Crippen LogP contribution in [0.5, 0.6) is 0 Å². The molecule has 0 aliphatic rings. The number of hydrogen-bond donors (Lipinski definition) is 3. The monoisotopic (exact) mass is 349 g/mol. The minimum atomic E-state index is -0.0681. The highest BCUT2D eigenvalue weighted by molar-refractivity contribution is 5.74. The summed E-state index contributed by atoms with van der Waals surface area (Å²) in [6.07, 6.45) is 1.50. The van der Waals surface area contributed by atoms with Crippen molar-refractivity contribution in [3.63, 3.8) is 0 Å². The van der Waals surface area contributed by atoms with Crippen LogP contribution in [0.15, 0.2) is 67.0 Å². The van der Waals surface area contributed by atoms with E-state index in [1.54, 1.807) is 7.11 Å². The fourth-order valence-corrected chi connectivity index (χ4v) is 2.71. The average Bonchev–Trinajstić information content (AvgIpc) is 2.70. The van der Waals surface area contributed by atoms with E-state index in [-0.39, 0.29) is 6.04 Å². The SMILES string of the molecule is COCCNc1ncnc(NC(c2ccccc2)c2ccccc2)c1N. The fraction of sp³-hybridized carbons (Fsp3) is 0.200. The van der Waals surface area contributed by atoms with Gasteiger partial charge in [-0.2, -0.15) is 0 Å². The van der Waals surface area contributed by atoms with Gasteiger partial charge in [-0.15, -0.1) is 0 Å². The molecule has 3 aromatic rings. The maximum Gasteiger partial charge on any atom is 0.155 e. The predicted octanol–water partition coefficient (Wildman–Crippen LogP) is 3.32. The van der Waals surface area contributed by atoms with Gasteiger partial charge in [-0.05, 0) is 11.1 Å². The molecule has 6 heteroatoms. The van der Waals surface area contributed by atoms with E-state index in [2.05, 4.69) is 44.9 Å². The van der Waals surface area contributed by atoms with Crippen LogP contribution >= 0.6 is 0 Å². The Bertz CT molecular complexity index is 771. The summed E-state index contributed by atoms with van der Waals surface area (Å²) in [5.74, 6) is 1.19. The van der Waals surface area contributed by atoms with Gasteiger partial charge < -0.3 is 21.1 Å². The Balaban J connectivity index is 1.89. The maximum absolute atomic E-state index is 6.28. The van der Waals surface area contributed by atoms with Crippen LogP contribution < -0.4 is 16.4 Å². The molecule has 4 N–H and O–H groups in total. The van der Waals surface area contributed by atoms with Crippen molar-refractivity contribution in [2.75, 3.05) is 36.6 Å². The van der Waals surface area contributed by atoms with E-state index in [9.17, 15) is 0 Å². The summed E-state index contributed by atoms with van der Waals surface area (Å²) in [7, 11) is 1.66. The molecule has 0 fully saturated rings. The van der Waals surface area contributed by atoms with Gasteiger partial charge in [0.15, 0.2) is 11.6 Å². The minimum Gasteiger partial charge on any atom is -0.393 e. The van der Waals surface area contributed by atoms with Crippen molar-refractivity contribution in [2.45, 2.75) is 6.04 Å². The first-order valence-electron chi connectivity index (χ1n) is 8.49. The van der Waals surface area contributed by atoms with Crippen LogP contribution in [0.2, 0.25) is 0 Å². The van der Waals surface area contributed by atoms with Gasteiger partial charge >= 0.3 is 0 Å². The number of rotatable bonds is 8. The van der Waals surface area contributed by atoms with Gasteiger partial charge in [0.1, 0.15) is 12.0 Å². The second-order valence-electron chi connectivity index (χ2n) is 5.80. The summed E-state index contributed by atoms with van der Waals surface area (Å²) in [6, 6.07) is 20.4. The van der Waals surface area contributed by atoms with E-state index in [0.717, 1.165) is 11.1 Å². The Morgan fingerprint density at radius 2 is 1.50 bits per heavy atom. The Labute approximate surface area is 153 Å². The standard InChI is InChI=1S/C20H23N5O/c1-26-13-12-22-19-17(21)20(24-14-23-19)25-18(15-8-4-2-5-9-15)16-10-6-3-7-11-16/h2-11,14,18H,12-13,21H2,1H3,(H2,22,23,24,25). The van der Waals surface area contributed by atoms with Crippen molar-refractivity contribution in [3.8, 4) is 0 Å². The molecule has 6 nitrogen and oxygen atoms in total. The lowest BCUT2D eigenvalue weighted by Gasteiger charge is -2.22. The number of hydrogen-bond acceptors (Lipinski definition) is 6. The first-order valence-corrected chi connectivity index (χ1v) is 8.49. The van der Waals surface area contributed by atoms with Gasteiger partial charge in [0, 0.05) is 13.7 Å². The predicted molar refractivity (Wildman–Crippen MR) is 105 cm³/mol. The van der Waals surface area contributed by atoms with Crippen LogP contribution in [0.1, 0.15) is 17.2 Å². The zero-order valence-corrected chi connectivity index (χ0v) is 14.7. The lowest BCUT2D eigenvalue weighted by molar-refractivity contribution is 0.210. The average molecular weight is 349 g/mol. The summed E-state index contributed by atoms with van der Waals surface area (Å²) in [6.45, 7) is 1.20. The van der Waals surface area contributed by atoms with Crippen molar-refractivity contribution in [1.29, 1.82) is 0 Å². The molecule has 0 aliphatic heterocycles. The Hall–Kier alpha value is -3.12. The largest absolute Gasteiger partial charge is 0.393 e. The Morgan fingerprint density at radius 1 is 0.923 bits per heavy atom. The number of nitrogen functional groups attached to an aromatic ring is 1. The molecular formula is C20H23N5O. The van der Waals surface area contributed by atoms with Crippen molar-refractivity contribution in [2.24, 2.45) is 0 Å². The van der Waals surface area contributed by atoms with E-state index in [4.69, 9.17) is 10.5 Å². The number of ether oxygens (including phenoxy) is 1. The van der Waals surface area contributed by atoms with Crippen LogP contribution in [0, 0.1) is 0 Å². The molecule has 0 bridgehead atoms. The summed E-state index contributed by atoms with van der Waals surface area (Å²) >= 11 is 0. The number of anilines is 3. The van der Waals surface area contributed by atoms with Crippen molar-refractivity contribution in [3.05, 3.63) is 78.1 Å². The molecule has 0 radical (unpaired) electrons. The summed E-state index contributed by atoms with van der Waals surface area (Å²) in [4.78, 5) is 8.56. The molecule has 1 heterocycles. The molecule has 0 spiro atoms. The van der Waals surface area contributed by atoms with Crippen LogP contribution in [-0.4, -0.2) is 30.2 Å². The number of aromatic nitrogens is 2. The van der Waals surface area contributed by atoms with Gasteiger partial charge in [-0.25, -0.2) is 9.97 Å². The molecule has 2 aromatic carbocycles. The van der Waals surface area contributed by atoms with Crippen molar-refractivity contribution in [1.82, 2.24) is 9.97 Å². The highest BCUT2D eigenvalue weighted by Gasteiger charge is 2.17. The topological polar surface area (TPSA) is 85.1 Å². The second kappa shape index (κ2) is 8.82. The van der Waals surface area contributed by atoms with E-state index in [0.29, 0.717) is 30.5 Å². The normalized spacial score (nSPS) is 10.7. The van der Waals surface area contributed by atoms with E-state index < -0.39 is 0 Å². The molecule has 0 unspecified atom stereocenters. The number of nitrogens with one attached hydrogen (secondary N) is 2. The molecule has 0 saturated carbocycles. The van der Waals surface area contributed by atoms with Crippen LogP contribution in [0.4, 0.5) is 17.3 Å². The third-order valence-electron chi connectivity index (χ3n) is 4.03. The zero-order chi connectivity index (χ0) is 18.2. The Kier molecular flexibility index (Phi) is 6.01. The van der Waals surface area contributed by atoms with Crippen LogP contribution in [-0.2, 0) is 4.74 Å². The summed E-state index contributed by atoms with van der Waals surface area (Å²) in [5, 5.41) is 6.63. The quantitative estimate of drug-likeness (QED) is 0.541. The Morgan fingerprint density at radius 3 is 2.08 bits per heavy atom. The smallest absolute Gasteiger partial charge is 0.155 e. The van der Waals surface area contributed by atoms with Gasteiger partial charge in [-0.3, -0.25) is 0 Å². The third-order valence-corrected chi connectivity index (χ3v) is 4.03. The molecule has 26 heavy (non-hydrogen) atoms. The van der Waals surface area contributed by atoms with Gasteiger partial charge in [0.25, 0.3) is 0 Å². The first kappa shape index (κ1) is 17.7. The fourth-order valence-electron chi connectivity index (χ4n) is 2.71. The molecule has 0 aliphatic carbocycles. The van der Waals surface area contributed by atoms with E-state index >= 15 is 0 Å². The summed E-state index contributed by atoms with van der Waals surface area (Å²) < 4.78 is 5.05. The third kappa shape index (κ3) is 4.29.